The summed E-state index contributed by atoms with van der Waals surface area (Å²) < 4.78 is 6.78. The molecule has 164 valence electrons. The summed E-state index contributed by atoms with van der Waals surface area (Å²) in [6.45, 7) is 5.43. The second-order valence-corrected chi connectivity index (χ2v) is 12.0. The number of halogens is 1. The molecule has 4 unspecified atom stereocenters. The molecule has 3 aliphatic carbocycles. The molecule has 3 nitrogen and oxygen atoms in total. The monoisotopic (exact) mass is 521 g/mol. The summed E-state index contributed by atoms with van der Waals surface area (Å²) in [5, 5.41) is 9.96. The predicted molar refractivity (Wildman–Crippen MR) is 130 cm³/mol. The zero-order valence-corrected chi connectivity index (χ0v) is 20.6. The van der Waals surface area contributed by atoms with Crippen LogP contribution in [0.5, 0.6) is 5.75 Å². The highest BCUT2D eigenvalue weighted by Crippen LogP contribution is 2.63. The van der Waals surface area contributed by atoms with Crippen LogP contribution in [0.1, 0.15) is 62.5 Å². The van der Waals surface area contributed by atoms with Crippen LogP contribution in [0.25, 0.3) is 0 Å². The number of allylic oxidation sites excluding steroid dienone is 1. The first-order chi connectivity index (χ1) is 14.5. The van der Waals surface area contributed by atoms with Gasteiger partial charge >= 0.3 is 0 Å². The Kier molecular flexibility index (Phi) is 5.95. The molecule has 3 fully saturated rings. The quantitative estimate of drug-likeness (QED) is 0.239. The number of likely N-dealkylation sites (tertiary alicyclic amines) is 1. The number of alkyl halides is 1. The molecule has 1 heterocycles. The summed E-state index contributed by atoms with van der Waals surface area (Å²) >= 11 is 2.72. The van der Waals surface area contributed by atoms with Gasteiger partial charge in [0.2, 0.25) is 0 Å². The van der Waals surface area contributed by atoms with Gasteiger partial charge in [-0.1, -0.05) is 47.2 Å². The minimum Gasteiger partial charge on any atom is -0.508 e. The number of phenolic OH excluding ortho intramolecular Hbond substituents is 1. The highest BCUT2D eigenvalue weighted by atomic mass is 127. The molecule has 0 aromatic heterocycles. The predicted octanol–water partition coefficient (Wildman–Crippen LogP) is 5.70. The van der Waals surface area contributed by atoms with Crippen molar-refractivity contribution in [3.05, 3.63) is 41.0 Å². The highest BCUT2D eigenvalue weighted by molar-refractivity contribution is 14.1. The van der Waals surface area contributed by atoms with Crippen LogP contribution >= 0.6 is 22.6 Å². The van der Waals surface area contributed by atoms with Crippen molar-refractivity contribution in [2.45, 2.75) is 67.8 Å². The molecular weight excluding hydrogens is 485 g/mol. The van der Waals surface area contributed by atoms with Crippen LogP contribution in [0.3, 0.4) is 0 Å². The van der Waals surface area contributed by atoms with Gasteiger partial charge in [-0.15, -0.1) is 0 Å². The number of phenols is 1. The van der Waals surface area contributed by atoms with E-state index < -0.39 is 0 Å². The van der Waals surface area contributed by atoms with Gasteiger partial charge in [0.05, 0.1) is 13.2 Å². The number of ether oxygens (including phenoxy) is 1. The van der Waals surface area contributed by atoms with Crippen LogP contribution in [-0.4, -0.2) is 46.8 Å². The van der Waals surface area contributed by atoms with Crippen molar-refractivity contribution >= 4 is 22.6 Å². The van der Waals surface area contributed by atoms with Gasteiger partial charge in [-0.25, -0.2) is 0 Å². The zero-order chi connectivity index (χ0) is 20.9. The van der Waals surface area contributed by atoms with Gasteiger partial charge in [-0.05, 0) is 105 Å². The average molecular weight is 521 g/mol. The second-order valence-electron chi connectivity index (χ2n) is 10.4. The number of fused-ring (bicyclic) bond motifs is 5. The Labute approximate surface area is 195 Å². The lowest BCUT2D eigenvalue weighted by atomic mass is 9.55. The average Bonchev–Trinajstić information content (AvgIpc) is 3.27. The smallest absolute Gasteiger partial charge is 0.115 e. The van der Waals surface area contributed by atoms with Crippen molar-refractivity contribution in [3.63, 3.8) is 0 Å². The molecule has 0 radical (unpaired) electrons. The normalized spacial score (nSPS) is 39.7. The fourth-order valence-electron chi connectivity index (χ4n) is 7.28. The topological polar surface area (TPSA) is 32.7 Å². The number of benzene rings is 1. The zero-order valence-electron chi connectivity index (χ0n) is 18.4. The van der Waals surface area contributed by atoms with Gasteiger partial charge in [0, 0.05) is 9.97 Å². The summed E-state index contributed by atoms with van der Waals surface area (Å²) in [5.41, 5.74) is 4.94. The van der Waals surface area contributed by atoms with Crippen molar-refractivity contribution in [1.82, 2.24) is 4.90 Å². The van der Waals surface area contributed by atoms with Crippen LogP contribution in [0.15, 0.2) is 29.8 Å². The Morgan fingerprint density at radius 1 is 1.30 bits per heavy atom. The SMILES string of the molecule is CN1CCC[C@H]1COC/C=C1\CCC2C3C(CCC12C)c1ccc(O)cc1C[C@H]3I. The number of rotatable bonds is 4. The van der Waals surface area contributed by atoms with Crippen LogP contribution in [0, 0.1) is 17.3 Å². The fraction of sp³-hybridized carbons (Fsp3) is 0.692. The molecule has 0 bridgehead atoms. The van der Waals surface area contributed by atoms with Crippen LogP contribution in [0.4, 0.5) is 0 Å². The second kappa shape index (κ2) is 8.40. The maximum absolute atomic E-state index is 9.96. The first kappa shape index (κ1) is 21.3. The van der Waals surface area contributed by atoms with Gasteiger partial charge in [0.15, 0.2) is 0 Å². The summed E-state index contributed by atoms with van der Waals surface area (Å²) in [6, 6.07) is 6.75. The molecule has 1 saturated heterocycles. The molecule has 1 aromatic rings. The van der Waals surface area contributed by atoms with E-state index in [2.05, 4.69) is 53.6 Å². The first-order valence-corrected chi connectivity index (χ1v) is 13.2. The Hall–Kier alpha value is -0.590. The third-order valence-electron chi connectivity index (χ3n) is 8.97. The van der Waals surface area contributed by atoms with E-state index in [1.54, 1.807) is 5.57 Å². The standard InChI is InChI=1S/C26H36INO2/c1-26-11-9-22-21-7-6-20(29)14-17(21)15-24(27)25(22)23(26)8-5-18(26)10-13-30-16-19-4-3-12-28(19)2/h6-7,10,14,19,22-25,29H,3-5,8-9,11-13,15-16H2,1-2H3/b18-10+/t19-,22?,23?,24+,25?,26?/m0/s1. The molecular formula is C26H36INO2. The number of aromatic hydroxyl groups is 1. The third kappa shape index (κ3) is 3.65. The largest absolute Gasteiger partial charge is 0.508 e. The number of hydrogen-bond donors (Lipinski definition) is 1. The van der Waals surface area contributed by atoms with Crippen molar-refractivity contribution in [2.24, 2.45) is 17.3 Å². The molecule has 4 aliphatic rings. The summed E-state index contributed by atoms with van der Waals surface area (Å²) in [6.07, 6.45) is 11.3. The fourth-order valence-corrected chi connectivity index (χ4v) is 8.75. The van der Waals surface area contributed by atoms with Crippen LogP contribution in [0.2, 0.25) is 0 Å². The lowest BCUT2D eigenvalue weighted by Gasteiger charge is -2.51. The molecule has 4 heteroatoms. The van der Waals surface area contributed by atoms with Crippen LogP contribution in [-0.2, 0) is 11.2 Å². The Bertz CT molecular complexity index is 823. The van der Waals surface area contributed by atoms with E-state index in [1.807, 2.05) is 12.1 Å². The molecule has 30 heavy (non-hydrogen) atoms. The van der Waals surface area contributed by atoms with Gasteiger partial charge in [-0.3, -0.25) is 0 Å². The van der Waals surface area contributed by atoms with Crippen molar-refractivity contribution < 1.29 is 9.84 Å². The Balaban J connectivity index is 1.29. The molecule has 1 aliphatic heterocycles. The van der Waals surface area contributed by atoms with Crippen molar-refractivity contribution in [2.75, 3.05) is 26.8 Å². The minimum absolute atomic E-state index is 0.354. The molecule has 0 amide bonds. The molecule has 6 atom stereocenters. The van der Waals surface area contributed by atoms with Gasteiger partial charge < -0.3 is 14.7 Å². The summed E-state index contributed by atoms with van der Waals surface area (Å²) in [5.74, 6) is 2.64. The first-order valence-electron chi connectivity index (χ1n) is 11.9. The van der Waals surface area contributed by atoms with Gasteiger partial charge in [-0.2, -0.15) is 0 Å². The van der Waals surface area contributed by atoms with E-state index in [0.717, 1.165) is 31.5 Å². The molecule has 1 aromatic carbocycles. The van der Waals surface area contributed by atoms with E-state index in [-0.39, 0.29) is 0 Å². The third-order valence-corrected chi connectivity index (χ3v) is 10.2. The summed E-state index contributed by atoms with van der Waals surface area (Å²) in [4.78, 5) is 2.45. The van der Waals surface area contributed by atoms with E-state index in [0.29, 0.717) is 27.0 Å². The van der Waals surface area contributed by atoms with Gasteiger partial charge in [0.25, 0.3) is 0 Å². The summed E-state index contributed by atoms with van der Waals surface area (Å²) in [7, 11) is 2.23. The highest BCUT2D eigenvalue weighted by Gasteiger charge is 2.54. The van der Waals surface area contributed by atoms with E-state index >= 15 is 0 Å². The number of hydrogen-bond acceptors (Lipinski definition) is 3. The van der Waals surface area contributed by atoms with E-state index in [4.69, 9.17) is 4.74 Å². The molecule has 5 rings (SSSR count). The molecule has 1 N–H and O–H groups in total. The lowest BCUT2D eigenvalue weighted by Crippen LogP contribution is -2.45. The van der Waals surface area contributed by atoms with E-state index in [1.165, 1.54) is 56.2 Å². The number of likely N-dealkylation sites (N-methyl/N-ethyl adjacent to an activating group) is 1. The van der Waals surface area contributed by atoms with Crippen molar-refractivity contribution in [1.29, 1.82) is 0 Å². The van der Waals surface area contributed by atoms with Gasteiger partial charge in [0.1, 0.15) is 5.75 Å². The maximum atomic E-state index is 9.96. The minimum atomic E-state index is 0.354. The van der Waals surface area contributed by atoms with E-state index in [9.17, 15) is 5.11 Å². The Morgan fingerprint density at radius 2 is 2.17 bits per heavy atom. The molecule has 0 spiro atoms. The maximum Gasteiger partial charge on any atom is 0.115 e. The van der Waals surface area contributed by atoms with Crippen LogP contribution < -0.4 is 0 Å². The molecule has 2 saturated carbocycles. The van der Waals surface area contributed by atoms with Crippen molar-refractivity contribution in [3.8, 4) is 5.75 Å². The Morgan fingerprint density at radius 3 is 2.97 bits per heavy atom. The lowest BCUT2D eigenvalue weighted by molar-refractivity contribution is 0.0852. The number of nitrogens with zero attached hydrogens (tertiary/aromatic N) is 1.